The van der Waals surface area contributed by atoms with E-state index in [9.17, 15) is 8.42 Å². The summed E-state index contributed by atoms with van der Waals surface area (Å²) in [5.41, 5.74) is 2.66. The molecule has 136 valence electrons. The molecule has 0 saturated carbocycles. The molecular formula is C17H18N4O4S. The van der Waals surface area contributed by atoms with Gasteiger partial charge in [-0.05, 0) is 24.6 Å². The molecule has 0 aliphatic heterocycles. The first kappa shape index (κ1) is 17.9. The predicted octanol–water partition coefficient (Wildman–Crippen LogP) is 2.35. The summed E-state index contributed by atoms with van der Waals surface area (Å²) in [6.07, 6.45) is 1.55. The molecule has 0 amide bonds. The van der Waals surface area contributed by atoms with Crippen molar-refractivity contribution in [2.75, 3.05) is 19.5 Å². The lowest BCUT2D eigenvalue weighted by molar-refractivity contribution is 0.355. The van der Waals surface area contributed by atoms with E-state index in [0.29, 0.717) is 34.0 Å². The fourth-order valence-corrected chi connectivity index (χ4v) is 2.99. The molecule has 0 fully saturated rings. The van der Waals surface area contributed by atoms with E-state index in [2.05, 4.69) is 15.3 Å². The van der Waals surface area contributed by atoms with Crippen LogP contribution < -0.4 is 19.9 Å². The molecular weight excluding hydrogens is 356 g/mol. The Morgan fingerprint density at radius 2 is 1.69 bits per heavy atom. The van der Waals surface area contributed by atoms with Crippen molar-refractivity contribution in [1.82, 2.24) is 9.97 Å². The van der Waals surface area contributed by atoms with E-state index in [0.717, 1.165) is 5.56 Å². The van der Waals surface area contributed by atoms with Gasteiger partial charge in [0.05, 0.1) is 36.3 Å². The zero-order valence-electron chi connectivity index (χ0n) is 14.5. The minimum Gasteiger partial charge on any atom is -0.493 e. The van der Waals surface area contributed by atoms with Gasteiger partial charge < -0.3 is 14.8 Å². The maximum atomic E-state index is 11.6. The summed E-state index contributed by atoms with van der Waals surface area (Å²) < 4.78 is 33.6. The molecule has 3 aromatic rings. The molecule has 2 aromatic carbocycles. The van der Waals surface area contributed by atoms with Gasteiger partial charge in [-0.15, -0.1) is 0 Å². The number of hydrogen-bond acceptors (Lipinski definition) is 7. The molecule has 1 aromatic heterocycles. The van der Waals surface area contributed by atoms with E-state index < -0.39 is 10.0 Å². The molecule has 1 heterocycles. The highest BCUT2D eigenvalue weighted by Crippen LogP contribution is 2.31. The fraction of sp³-hybridized carbons (Fsp3) is 0.176. The van der Waals surface area contributed by atoms with Gasteiger partial charge in [0.2, 0.25) is 10.0 Å². The third-order valence-electron chi connectivity index (χ3n) is 3.85. The second kappa shape index (κ2) is 6.77. The van der Waals surface area contributed by atoms with Gasteiger partial charge >= 0.3 is 0 Å². The van der Waals surface area contributed by atoms with Crippen LogP contribution in [0, 0.1) is 6.92 Å². The van der Waals surface area contributed by atoms with Crippen molar-refractivity contribution < 1.29 is 17.9 Å². The zero-order valence-corrected chi connectivity index (χ0v) is 15.3. The van der Waals surface area contributed by atoms with E-state index in [1.54, 1.807) is 38.6 Å². The molecule has 0 saturated heterocycles. The third-order valence-corrected chi connectivity index (χ3v) is 4.76. The molecule has 0 spiro atoms. The van der Waals surface area contributed by atoms with Crippen molar-refractivity contribution in [1.29, 1.82) is 0 Å². The monoisotopic (exact) mass is 374 g/mol. The van der Waals surface area contributed by atoms with Crippen LogP contribution in [0.1, 0.15) is 5.56 Å². The van der Waals surface area contributed by atoms with Gasteiger partial charge in [-0.2, -0.15) is 0 Å². The number of methoxy groups -OCH3 is 2. The number of anilines is 2. The molecule has 3 N–H and O–H groups in total. The molecule has 0 unspecified atom stereocenters. The minimum absolute atomic E-state index is 0.0192. The number of aryl methyl sites for hydroxylation is 1. The number of fused-ring (bicyclic) bond motifs is 1. The Labute approximate surface area is 151 Å². The van der Waals surface area contributed by atoms with Gasteiger partial charge in [-0.3, -0.25) is 4.98 Å². The zero-order chi connectivity index (χ0) is 18.9. The maximum absolute atomic E-state index is 11.6. The van der Waals surface area contributed by atoms with Crippen molar-refractivity contribution >= 4 is 32.6 Å². The fourth-order valence-electron chi connectivity index (χ4n) is 2.45. The highest BCUT2D eigenvalue weighted by atomic mass is 32.2. The van der Waals surface area contributed by atoms with E-state index in [4.69, 9.17) is 14.6 Å². The quantitative estimate of drug-likeness (QED) is 0.704. The predicted molar refractivity (Wildman–Crippen MR) is 98.5 cm³/mol. The lowest BCUT2D eigenvalue weighted by Gasteiger charge is -2.12. The average Bonchev–Trinajstić information content (AvgIpc) is 2.61. The average molecular weight is 374 g/mol. The van der Waals surface area contributed by atoms with E-state index in [1.807, 2.05) is 6.92 Å². The number of aromatic nitrogens is 2. The highest BCUT2D eigenvalue weighted by Gasteiger charge is 2.12. The summed E-state index contributed by atoms with van der Waals surface area (Å²) in [5, 5.41) is 8.27. The van der Waals surface area contributed by atoms with Crippen LogP contribution in [0.25, 0.3) is 11.0 Å². The van der Waals surface area contributed by atoms with Crippen molar-refractivity contribution in [3.63, 3.8) is 0 Å². The van der Waals surface area contributed by atoms with Crippen molar-refractivity contribution in [3.8, 4) is 11.5 Å². The SMILES string of the molecule is COc1cc2ncc(Nc3cc(S(N)(=O)=O)ccc3C)nc2cc1OC. The number of nitrogens with one attached hydrogen (secondary N) is 1. The van der Waals surface area contributed by atoms with Gasteiger partial charge in [0.15, 0.2) is 11.5 Å². The Morgan fingerprint density at radius 3 is 2.31 bits per heavy atom. The van der Waals surface area contributed by atoms with Crippen LogP contribution in [-0.4, -0.2) is 32.6 Å². The lowest BCUT2D eigenvalue weighted by Crippen LogP contribution is -2.12. The van der Waals surface area contributed by atoms with Gasteiger partial charge in [0, 0.05) is 17.8 Å². The molecule has 26 heavy (non-hydrogen) atoms. The number of primary sulfonamides is 1. The summed E-state index contributed by atoms with van der Waals surface area (Å²) in [4.78, 5) is 8.88. The van der Waals surface area contributed by atoms with Crippen molar-refractivity contribution in [3.05, 3.63) is 42.1 Å². The Bertz CT molecular complexity index is 1080. The Kier molecular flexibility index (Phi) is 4.66. The van der Waals surface area contributed by atoms with Crippen LogP contribution in [-0.2, 0) is 10.0 Å². The van der Waals surface area contributed by atoms with E-state index in [-0.39, 0.29) is 4.90 Å². The number of hydrogen-bond donors (Lipinski definition) is 2. The highest BCUT2D eigenvalue weighted by molar-refractivity contribution is 7.89. The number of rotatable bonds is 5. The summed E-state index contributed by atoms with van der Waals surface area (Å²) in [7, 11) is -0.699. The first-order chi connectivity index (χ1) is 12.3. The maximum Gasteiger partial charge on any atom is 0.238 e. The molecule has 0 bridgehead atoms. The smallest absolute Gasteiger partial charge is 0.238 e. The lowest BCUT2D eigenvalue weighted by atomic mass is 10.2. The number of nitrogens with zero attached hydrogens (tertiary/aromatic N) is 2. The minimum atomic E-state index is -3.79. The summed E-state index contributed by atoms with van der Waals surface area (Å²) >= 11 is 0. The summed E-state index contributed by atoms with van der Waals surface area (Å²) in [5.74, 6) is 1.56. The number of benzene rings is 2. The first-order valence-electron chi connectivity index (χ1n) is 7.61. The topological polar surface area (TPSA) is 116 Å². The van der Waals surface area contributed by atoms with Gasteiger partial charge in [0.25, 0.3) is 0 Å². The van der Waals surface area contributed by atoms with Crippen LogP contribution in [0.4, 0.5) is 11.5 Å². The normalized spacial score (nSPS) is 11.4. The molecule has 0 aliphatic rings. The Hall–Kier alpha value is -2.91. The Morgan fingerprint density at radius 1 is 1.04 bits per heavy atom. The second-order valence-corrected chi connectivity index (χ2v) is 7.16. The van der Waals surface area contributed by atoms with Crippen LogP contribution in [0.3, 0.4) is 0 Å². The molecule has 9 heteroatoms. The van der Waals surface area contributed by atoms with E-state index in [1.165, 1.54) is 12.1 Å². The standard InChI is InChI=1S/C17H18N4O4S/c1-10-4-5-11(26(18,22)23)6-12(10)20-17-9-19-13-7-15(24-2)16(25-3)8-14(13)21-17/h4-9H,1-3H3,(H,20,21)(H2,18,22,23). The van der Waals surface area contributed by atoms with Crippen LogP contribution in [0.15, 0.2) is 41.4 Å². The van der Waals surface area contributed by atoms with Gasteiger partial charge in [0.1, 0.15) is 5.82 Å². The van der Waals surface area contributed by atoms with Crippen molar-refractivity contribution in [2.45, 2.75) is 11.8 Å². The first-order valence-corrected chi connectivity index (χ1v) is 9.15. The van der Waals surface area contributed by atoms with E-state index >= 15 is 0 Å². The van der Waals surface area contributed by atoms with Crippen molar-refractivity contribution in [2.24, 2.45) is 5.14 Å². The molecule has 0 aliphatic carbocycles. The van der Waals surface area contributed by atoms with Crippen LogP contribution in [0.5, 0.6) is 11.5 Å². The number of sulfonamides is 1. The van der Waals surface area contributed by atoms with Crippen LogP contribution in [0.2, 0.25) is 0 Å². The summed E-state index contributed by atoms with van der Waals surface area (Å²) in [6.45, 7) is 1.84. The summed E-state index contributed by atoms with van der Waals surface area (Å²) in [6, 6.07) is 8.05. The largest absolute Gasteiger partial charge is 0.493 e. The molecule has 3 rings (SSSR count). The third kappa shape index (κ3) is 3.53. The molecule has 0 atom stereocenters. The number of ether oxygens (including phenoxy) is 2. The van der Waals surface area contributed by atoms with Gasteiger partial charge in [-0.25, -0.2) is 18.5 Å². The number of nitrogens with two attached hydrogens (primary N) is 1. The molecule has 8 nitrogen and oxygen atoms in total. The van der Waals surface area contributed by atoms with Crippen LogP contribution >= 0.6 is 0 Å². The Balaban J connectivity index is 2.02. The van der Waals surface area contributed by atoms with Gasteiger partial charge in [-0.1, -0.05) is 6.07 Å². The second-order valence-electron chi connectivity index (χ2n) is 5.60. The molecule has 0 radical (unpaired) electrons.